The maximum Gasteiger partial charge on any atom is 0.277 e. The lowest BCUT2D eigenvalue weighted by Gasteiger charge is -2.26. The van der Waals surface area contributed by atoms with Gasteiger partial charge in [0.15, 0.2) is 5.69 Å². The van der Waals surface area contributed by atoms with Crippen LogP contribution in [0.3, 0.4) is 0 Å². The minimum Gasteiger partial charge on any atom is -0.320 e. The van der Waals surface area contributed by atoms with E-state index >= 15 is 0 Å². The highest BCUT2D eigenvalue weighted by Crippen LogP contribution is 2.24. The fourth-order valence-electron chi connectivity index (χ4n) is 2.32. The van der Waals surface area contributed by atoms with Crippen molar-refractivity contribution in [2.75, 3.05) is 18.4 Å². The van der Waals surface area contributed by atoms with Gasteiger partial charge in [-0.05, 0) is 17.5 Å². The van der Waals surface area contributed by atoms with Crippen molar-refractivity contribution in [2.45, 2.75) is 25.8 Å². The summed E-state index contributed by atoms with van der Waals surface area (Å²) >= 11 is 0. The Morgan fingerprint density at radius 3 is 2.81 bits per heavy atom. The molecule has 6 heteroatoms. The van der Waals surface area contributed by atoms with E-state index in [1.807, 2.05) is 24.3 Å². The van der Waals surface area contributed by atoms with Gasteiger partial charge in [0.1, 0.15) is 0 Å². The van der Waals surface area contributed by atoms with E-state index in [-0.39, 0.29) is 5.91 Å². The molecule has 1 fully saturated rings. The summed E-state index contributed by atoms with van der Waals surface area (Å²) in [5.41, 5.74) is 2.29. The minimum atomic E-state index is -0.221. The largest absolute Gasteiger partial charge is 0.320 e. The van der Waals surface area contributed by atoms with Crippen LogP contribution in [0, 0.1) is 0 Å². The third-order valence-electron chi connectivity index (χ3n) is 3.71. The first-order chi connectivity index (χ1) is 10.1. The first-order valence-electron chi connectivity index (χ1n) is 7.18. The summed E-state index contributed by atoms with van der Waals surface area (Å²) in [5, 5.41) is 14.1. The topological polar surface area (TPSA) is 71.8 Å². The van der Waals surface area contributed by atoms with E-state index < -0.39 is 0 Å². The van der Waals surface area contributed by atoms with Gasteiger partial charge in [0.2, 0.25) is 0 Å². The molecule has 0 atom stereocenters. The van der Waals surface area contributed by atoms with Crippen molar-refractivity contribution in [1.82, 2.24) is 20.3 Å². The predicted octanol–water partition coefficient (Wildman–Crippen LogP) is 1.80. The Morgan fingerprint density at radius 2 is 2.14 bits per heavy atom. The molecule has 2 N–H and O–H groups in total. The molecule has 1 aromatic heterocycles. The van der Waals surface area contributed by atoms with Gasteiger partial charge in [-0.3, -0.25) is 4.79 Å². The van der Waals surface area contributed by atoms with Gasteiger partial charge in [0, 0.05) is 18.8 Å². The number of nitrogens with one attached hydrogen (secondary N) is 2. The number of anilines is 1. The Labute approximate surface area is 123 Å². The summed E-state index contributed by atoms with van der Waals surface area (Å²) in [6.45, 7) is 5.96. The van der Waals surface area contributed by atoms with Crippen molar-refractivity contribution in [1.29, 1.82) is 0 Å². The number of carbonyl (C=O) groups excluding carboxylic acids is 1. The Bertz CT molecular complexity index is 645. The number of aromatic nitrogens is 3. The van der Waals surface area contributed by atoms with E-state index in [1.54, 1.807) is 10.9 Å². The van der Waals surface area contributed by atoms with Gasteiger partial charge >= 0.3 is 0 Å². The Hall–Kier alpha value is -2.21. The molecule has 6 nitrogen and oxygen atoms in total. The zero-order chi connectivity index (χ0) is 14.8. The van der Waals surface area contributed by atoms with Crippen LogP contribution in [0.1, 0.15) is 41.9 Å². The van der Waals surface area contributed by atoms with E-state index in [0.29, 0.717) is 17.7 Å². The minimum absolute atomic E-state index is 0.221. The summed E-state index contributed by atoms with van der Waals surface area (Å²) in [5.74, 6) is 0.125. The predicted molar refractivity (Wildman–Crippen MR) is 80.4 cm³/mol. The van der Waals surface area contributed by atoms with Crippen molar-refractivity contribution in [3.63, 3.8) is 0 Å². The van der Waals surface area contributed by atoms with Gasteiger partial charge < -0.3 is 10.6 Å². The lowest BCUT2D eigenvalue weighted by molar-refractivity contribution is 0.102. The molecule has 0 aliphatic carbocycles. The Kier molecular flexibility index (Phi) is 3.70. The molecular weight excluding hydrogens is 266 g/mol. The summed E-state index contributed by atoms with van der Waals surface area (Å²) in [6.07, 6.45) is 1.71. The van der Waals surface area contributed by atoms with E-state index in [9.17, 15) is 4.79 Å². The van der Waals surface area contributed by atoms with Gasteiger partial charge in [-0.2, -0.15) is 0 Å². The molecule has 1 saturated heterocycles. The number of hydrogen-bond acceptors (Lipinski definition) is 4. The zero-order valence-corrected chi connectivity index (χ0v) is 12.2. The van der Waals surface area contributed by atoms with E-state index in [0.717, 1.165) is 24.3 Å². The third kappa shape index (κ3) is 2.80. The highest BCUT2D eigenvalue weighted by Gasteiger charge is 2.22. The van der Waals surface area contributed by atoms with Gasteiger partial charge in [-0.1, -0.05) is 37.3 Å². The Balaban J connectivity index is 1.75. The summed E-state index contributed by atoms with van der Waals surface area (Å²) in [4.78, 5) is 12.3. The molecule has 1 aliphatic heterocycles. The fourth-order valence-corrected chi connectivity index (χ4v) is 2.32. The van der Waals surface area contributed by atoms with Crippen molar-refractivity contribution in [3.05, 3.63) is 41.7 Å². The van der Waals surface area contributed by atoms with Crippen LogP contribution in [0.5, 0.6) is 0 Å². The smallest absolute Gasteiger partial charge is 0.277 e. The van der Waals surface area contributed by atoms with Gasteiger partial charge in [-0.15, -0.1) is 5.10 Å². The molecule has 1 aromatic carbocycles. The zero-order valence-electron chi connectivity index (χ0n) is 12.2. The van der Waals surface area contributed by atoms with E-state index in [2.05, 4.69) is 34.8 Å². The van der Waals surface area contributed by atoms with Crippen LogP contribution in [0.25, 0.3) is 0 Å². The van der Waals surface area contributed by atoms with Crippen LogP contribution in [0.2, 0.25) is 0 Å². The first-order valence-corrected chi connectivity index (χ1v) is 7.18. The SMILES string of the molecule is CC(C)c1ccccc1NC(=O)c1cn(C2CNC2)nn1. The number of nitrogens with zero attached hydrogens (tertiary/aromatic N) is 3. The highest BCUT2D eigenvalue weighted by atomic mass is 16.2. The summed E-state index contributed by atoms with van der Waals surface area (Å²) in [6, 6.07) is 8.13. The van der Waals surface area contributed by atoms with Crippen molar-refractivity contribution in [3.8, 4) is 0 Å². The molecule has 0 bridgehead atoms. The van der Waals surface area contributed by atoms with Crippen LogP contribution in [-0.4, -0.2) is 34.0 Å². The van der Waals surface area contributed by atoms with E-state index in [4.69, 9.17) is 0 Å². The number of amides is 1. The summed E-state index contributed by atoms with van der Waals surface area (Å²) < 4.78 is 1.75. The lowest BCUT2D eigenvalue weighted by Crippen LogP contribution is -2.43. The molecule has 2 heterocycles. The maximum atomic E-state index is 12.3. The average molecular weight is 285 g/mol. The number of rotatable bonds is 4. The molecule has 0 unspecified atom stereocenters. The molecule has 1 aliphatic rings. The molecule has 0 radical (unpaired) electrons. The van der Waals surface area contributed by atoms with Crippen LogP contribution >= 0.6 is 0 Å². The maximum absolute atomic E-state index is 12.3. The molecule has 0 spiro atoms. The quantitative estimate of drug-likeness (QED) is 0.898. The molecule has 1 amide bonds. The second-order valence-electron chi connectivity index (χ2n) is 5.59. The van der Waals surface area contributed by atoms with Gasteiger partial charge in [0.25, 0.3) is 5.91 Å². The average Bonchev–Trinajstić information content (AvgIpc) is 2.86. The first kappa shape index (κ1) is 13.8. The number of carbonyl (C=O) groups is 1. The second-order valence-corrected chi connectivity index (χ2v) is 5.59. The number of para-hydroxylation sites is 1. The highest BCUT2D eigenvalue weighted by molar-refractivity contribution is 6.03. The van der Waals surface area contributed by atoms with Crippen LogP contribution < -0.4 is 10.6 Å². The molecule has 0 saturated carbocycles. The second kappa shape index (κ2) is 5.65. The summed E-state index contributed by atoms with van der Waals surface area (Å²) in [7, 11) is 0. The number of benzene rings is 1. The van der Waals surface area contributed by atoms with Crippen molar-refractivity contribution in [2.24, 2.45) is 0 Å². The monoisotopic (exact) mass is 285 g/mol. The molecular formula is C15H19N5O. The molecule has 3 rings (SSSR count). The van der Waals surface area contributed by atoms with Crippen molar-refractivity contribution < 1.29 is 4.79 Å². The molecule has 21 heavy (non-hydrogen) atoms. The standard InChI is InChI=1S/C15H19N5O/c1-10(2)12-5-3-4-6-13(12)17-15(21)14-9-20(19-18-14)11-7-16-8-11/h3-6,9-11,16H,7-8H2,1-2H3,(H,17,21). The normalized spacial score (nSPS) is 15.0. The fraction of sp³-hybridized carbons (Fsp3) is 0.400. The molecule has 2 aromatic rings. The van der Waals surface area contributed by atoms with Gasteiger partial charge in [0.05, 0.1) is 12.2 Å². The van der Waals surface area contributed by atoms with Gasteiger partial charge in [-0.25, -0.2) is 4.68 Å². The van der Waals surface area contributed by atoms with Crippen molar-refractivity contribution >= 4 is 11.6 Å². The van der Waals surface area contributed by atoms with Crippen LogP contribution in [0.15, 0.2) is 30.5 Å². The number of hydrogen-bond donors (Lipinski definition) is 2. The van der Waals surface area contributed by atoms with E-state index in [1.165, 1.54) is 0 Å². The Morgan fingerprint density at radius 1 is 1.38 bits per heavy atom. The lowest BCUT2D eigenvalue weighted by atomic mass is 10.0. The van der Waals surface area contributed by atoms with Crippen LogP contribution in [0.4, 0.5) is 5.69 Å². The third-order valence-corrected chi connectivity index (χ3v) is 3.71. The van der Waals surface area contributed by atoms with Crippen LogP contribution in [-0.2, 0) is 0 Å². The molecule has 110 valence electrons.